The number of nitrogens with zero attached hydrogens (tertiary/aromatic N) is 1. The zero-order chi connectivity index (χ0) is 14.8. The molecule has 8 heteroatoms. The highest BCUT2D eigenvalue weighted by Crippen LogP contribution is 2.33. The molecule has 2 aromatic rings. The van der Waals surface area contributed by atoms with Gasteiger partial charge in [0, 0.05) is 6.07 Å². The molecule has 0 aliphatic carbocycles. The first kappa shape index (κ1) is 14.8. The van der Waals surface area contributed by atoms with Crippen LogP contribution in [0.25, 0.3) is 0 Å². The van der Waals surface area contributed by atoms with Gasteiger partial charge in [-0.1, -0.05) is 0 Å². The van der Waals surface area contributed by atoms with Gasteiger partial charge in [-0.2, -0.15) is 13.7 Å². The number of hydrogen-bond donors (Lipinski definition) is 0. The van der Waals surface area contributed by atoms with Crippen molar-refractivity contribution in [2.45, 2.75) is 4.21 Å². The Morgan fingerprint density at radius 1 is 1.25 bits per heavy atom. The van der Waals surface area contributed by atoms with Crippen LogP contribution >= 0.6 is 27.3 Å². The smallest absolute Gasteiger partial charge is 0.348 e. The number of hydrogen-bond acceptors (Lipinski definition) is 6. The van der Waals surface area contributed by atoms with Gasteiger partial charge in [-0.15, -0.1) is 11.3 Å². The largest absolute Gasteiger partial charge is 0.493 e. The summed E-state index contributed by atoms with van der Waals surface area (Å²) in [5, 5.41) is 8.79. The summed E-state index contributed by atoms with van der Waals surface area (Å²) in [4.78, 5) is 0. The van der Waals surface area contributed by atoms with E-state index in [1.165, 1.54) is 31.4 Å². The lowest BCUT2D eigenvalue weighted by molar-refractivity contribution is 0.390. The molecule has 0 aliphatic heterocycles. The molecule has 1 aromatic heterocycles. The molecule has 0 bridgehead atoms. The van der Waals surface area contributed by atoms with Crippen molar-refractivity contribution in [2.24, 2.45) is 0 Å². The maximum atomic E-state index is 12.1. The zero-order valence-corrected chi connectivity index (χ0v) is 13.4. The monoisotopic (exact) mass is 373 g/mol. The summed E-state index contributed by atoms with van der Waals surface area (Å²) in [7, 11) is -2.55. The van der Waals surface area contributed by atoms with E-state index in [0.29, 0.717) is 9.35 Å². The van der Waals surface area contributed by atoms with E-state index in [1.54, 1.807) is 6.07 Å². The molecule has 0 N–H and O–H groups in total. The lowest BCUT2D eigenvalue weighted by atomic mass is 10.2. The lowest BCUT2D eigenvalue weighted by Crippen LogP contribution is -2.08. The summed E-state index contributed by atoms with van der Waals surface area (Å²) >= 11 is 4.24. The summed E-state index contributed by atoms with van der Waals surface area (Å²) < 4.78 is 35.0. The first-order valence-corrected chi connectivity index (χ1v) is 8.26. The van der Waals surface area contributed by atoms with Gasteiger partial charge in [0.2, 0.25) is 0 Å². The van der Waals surface area contributed by atoms with E-state index >= 15 is 0 Å². The third kappa shape index (κ3) is 3.12. The predicted octanol–water partition coefficient (Wildman–Crippen LogP) is 3.16. The Bertz CT molecular complexity index is 777. The van der Waals surface area contributed by atoms with Gasteiger partial charge < -0.3 is 8.92 Å². The van der Waals surface area contributed by atoms with Crippen LogP contribution in [-0.2, 0) is 10.1 Å². The van der Waals surface area contributed by atoms with Gasteiger partial charge in [0.05, 0.1) is 22.5 Å². The summed E-state index contributed by atoms with van der Waals surface area (Å²) in [6, 6.07) is 9.26. The third-order valence-electron chi connectivity index (χ3n) is 2.29. The van der Waals surface area contributed by atoms with Crippen molar-refractivity contribution in [2.75, 3.05) is 7.11 Å². The number of methoxy groups -OCH3 is 1. The van der Waals surface area contributed by atoms with Crippen molar-refractivity contribution in [3.05, 3.63) is 39.7 Å². The molecule has 0 atom stereocenters. The number of halogens is 1. The minimum atomic E-state index is -3.92. The topological polar surface area (TPSA) is 76.4 Å². The van der Waals surface area contributed by atoms with E-state index in [1.807, 2.05) is 6.07 Å². The van der Waals surface area contributed by atoms with Crippen LogP contribution in [0.4, 0.5) is 0 Å². The second-order valence-corrected chi connectivity index (χ2v) is 7.81. The SMILES string of the molecule is COc1cc(C#N)ccc1OS(=O)(=O)c1ccc(Br)s1. The van der Waals surface area contributed by atoms with E-state index in [4.69, 9.17) is 14.2 Å². The van der Waals surface area contributed by atoms with E-state index in [2.05, 4.69) is 15.9 Å². The van der Waals surface area contributed by atoms with Gasteiger partial charge in [0.15, 0.2) is 15.7 Å². The molecule has 0 spiro atoms. The first-order valence-electron chi connectivity index (χ1n) is 5.24. The van der Waals surface area contributed by atoms with Gasteiger partial charge >= 0.3 is 10.1 Å². The van der Waals surface area contributed by atoms with Crippen LogP contribution in [-0.4, -0.2) is 15.5 Å². The highest BCUT2D eigenvalue weighted by Gasteiger charge is 2.21. The average Bonchev–Trinajstić information content (AvgIpc) is 2.86. The van der Waals surface area contributed by atoms with E-state index in [0.717, 1.165) is 11.3 Å². The Morgan fingerprint density at radius 2 is 2.00 bits per heavy atom. The molecule has 2 rings (SSSR count). The summed E-state index contributed by atoms with van der Waals surface area (Å²) in [6.45, 7) is 0. The average molecular weight is 374 g/mol. The van der Waals surface area contributed by atoms with Crippen molar-refractivity contribution in [1.82, 2.24) is 0 Å². The molecule has 0 amide bonds. The van der Waals surface area contributed by atoms with Gasteiger partial charge in [0.25, 0.3) is 0 Å². The van der Waals surface area contributed by atoms with Crippen molar-refractivity contribution in [3.63, 3.8) is 0 Å². The Kier molecular flexibility index (Phi) is 4.32. The standard InChI is InChI=1S/C12H8BrNO4S2/c1-17-10-6-8(7-14)2-3-9(10)18-20(15,16)12-5-4-11(13)19-12/h2-6H,1H3. The third-order valence-corrected chi connectivity index (χ3v) is 5.60. The molecule has 0 saturated heterocycles. The molecule has 1 heterocycles. The summed E-state index contributed by atoms with van der Waals surface area (Å²) in [5.41, 5.74) is 0.352. The molecule has 5 nitrogen and oxygen atoms in total. The minimum Gasteiger partial charge on any atom is -0.493 e. The zero-order valence-electron chi connectivity index (χ0n) is 10.2. The molecule has 0 saturated carbocycles. The maximum Gasteiger partial charge on any atom is 0.348 e. The molecule has 20 heavy (non-hydrogen) atoms. The highest BCUT2D eigenvalue weighted by molar-refractivity contribution is 9.11. The van der Waals surface area contributed by atoms with E-state index in [-0.39, 0.29) is 15.7 Å². The van der Waals surface area contributed by atoms with Crippen LogP contribution < -0.4 is 8.92 Å². The van der Waals surface area contributed by atoms with E-state index < -0.39 is 10.1 Å². The molecule has 104 valence electrons. The quantitative estimate of drug-likeness (QED) is 0.769. The summed E-state index contributed by atoms with van der Waals surface area (Å²) in [6.07, 6.45) is 0. The fourth-order valence-corrected chi connectivity index (χ4v) is 4.31. The van der Waals surface area contributed by atoms with Crippen molar-refractivity contribution in [1.29, 1.82) is 5.26 Å². The van der Waals surface area contributed by atoms with Crippen LogP contribution in [0.3, 0.4) is 0 Å². The Balaban J connectivity index is 2.37. The molecule has 0 aliphatic rings. The second kappa shape index (κ2) is 5.83. The van der Waals surface area contributed by atoms with Crippen molar-refractivity contribution < 1.29 is 17.3 Å². The molecular weight excluding hydrogens is 366 g/mol. The normalized spacial score (nSPS) is 10.8. The van der Waals surface area contributed by atoms with Crippen molar-refractivity contribution >= 4 is 37.4 Å². The fraction of sp³-hybridized carbons (Fsp3) is 0.0833. The Hall–Kier alpha value is -1.56. The van der Waals surface area contributed by atoms with Gasteiger partial charge in [0.1, 0.15) is 0 Å². The molecule has 0 unspecified atom stereocenters. The van der Waals surface area contributed by atoms with Crippen LogP contribution in [0, 0.1) is 11.3 Å². The van der Waals surface area contributed by atoms with Crippen LogP contribution in [0.1, 0.15) is 5.56 Å². The van der Waals surface area contributed by atoms with Gasteiger partial charge in [-0.3, -0.25) is 0 Å². The molecular formula is C12H8BrNO4S2. The number of ether oxygens (including phenoxy) is 1. The minimum absolute atomic E-state index is 0.0380. The Morgan fingerprint density at radius 3 is 2.55 bits per heavy atom. The first-order chi connectivity index (χ1) is 9.46. The molecule has 0 radical (unpaired) electrons. The predicted molar refractivity (Wildman–Crippen MR) is 77.5 cm³/mol. The number of thiophene rings is 1. The van der Waals surface area contributed by atoms with Crippen LogP contribution in [0.5, 0.6) is 11.5 Å². The van der Waals surface area contributed by atoms with E-state index in [9.17, 15) is 8.42 Å². The fourth-order valence-electron chi connectivity index (χ4n) is 1.40. The van der Waals surface area contributed by atoms with Gasteiger partial charge in [-0.25, -0.2) is 0 Å². The maximum absolute atomic E-state index is 12.1. The lowest BCUT2D eigenvalue weighted by Gasteiger charge is -2.09. The van der Waals surface area contributed by atoms with Crippen LogP contribution in [0.2, 0.25) is 0 Å². The molecule has 1 aromatic carbocycles. The summed E-state index contributed by atoms with van der Waals surface area (Å²) in [5.74, 6) is 0.222. The van der Waals surface area contributed by atoms with Gasteiger partial charge in [-0.05, 0) is 40.2 Å². The molecule has 0 fully saturated rings. The number of benzene rings is 1. The highest BCUT2D eigenvalue weighted by atomic mass is 79.9. The second-order valence-electron chi connectivity index (χ2n) is 3.57. The van der Waals surface area contributed by atoms with Crippen molar-refractivity contribution in [3.8, 4) is 17.6 Å². The number of nitriles is 1. The number of rotatable bonds is 4. The van der Waals surface area contributed by atoms with Crippen LogP contribution in [0.15, 0.2) is 38.3 Å². The Labute approximate surface area is 128 Å².